The number of fused-ring (bicyclic) bond motifs is 1. The minimum Gasteiger partial charge on any atom is -0.487 e. The fraction of sp³-hybridized carbons (Fsp3) is 0.103. The summed E-state index contributed by atoms with van der Waals surface area (Å²) in [4.78, 5) is 13.2. The second kappa shape index (κ2) is 11.7. The molecule has 192 valence electrons. The molecule has 1 aliphatic heterocycles. The van der Waals surface area contributed by atoms with Crippen LogP contribution in [0, 0.1) is 7.14 Å². The molecule has 5 rings (SSSR count). The van der Waals surface area contributed by atoms with Crippen molar-refractivity contribution in [1.82, 2.24) is 5.43 Å². The van der Waals surface area contributed by atoms with Gasteiger partial charge in [0.25, 0.3) is 5.91 Å². The summed E-state index contributed by atoms with van der Waals surface area (Å²) in [6.07, 6.45) is 1.54. The quantitative estimate of drug-likeness (QED) is 0.140. The Labute approximate surface area is 247 Å². The van der Waals surface area contributed by atoms with E-state index < -0.39 is 11.5 Å². The number of hydrogen-bond donors (Lipinski definition) is 2. The van der Waals surface area contributed by atoms with E-state index in [9.17, 15) is 9.90 Å². The van der Waals surface area contributed by atoms with Crippen molar-refractivity contribution in [2.45, 2.75) is 12.2 Å². The van der Waals surface area contributed by atoms with E-state index >= 15 is 0 Å². The summed E-state index contributed by atoms with van der Waals surface area (Å²) in [5, 5.41) is 15.7. The average Bonchev–Trinajstić information content (AvgIpc) is 3.41. The highest BCUT2D eigenvalue weighted by atomic mass is 127. The van der Waals surface area contributed by atoms with Crippen LogP contribution in [0.3, 0.4) is 0 Å². The van der Waals surface area contributed by atoms with E-state index in [1.807, 2.05) is 42.5 Å². The highest BCUT2D eigenvalue weighted by Crippen LogP contribution is 2.34. The third-order valence-electron chi connectivity index (χ3n) is 5.93. The number of nitrogens with one attached hydrogen (secondary N) is 1. The maximum absolute atomic E-state index is 13.2. The molecule has 0 unspecified atom stereocenters. The summed E-state index contributed by atoms with van der Waals surface area (Å²) < 4.78 is 18.7. The molecule has 1 amide bonds. The SMILES string of the molecule is O=C(N/N=C/c1cc(I)c(OCc2ccc3c(c2)OCO3)c(I)c1)C(O)(c1ccccc1)c1ccccc1. The van der Waals surface area contributed by atoms with Gasteiger partial charge in [0.15, 0.2) is 17.1 Å². The number of rotatable bonds is 8. The van der Waals surface area contributed by atoms with Crippen LogP contribution in [0.15, 0.2) is 96.1 Å². The molecular weight excluding hydrogens is 710 g/mol. The molecule has 4 aromatic rings. The molecule has 0 atom stereocenters. The average molecular weight is 732 g/mol. The summed E-state index contributed by atoms with van der Waals surface area (Å²) in [6.45, 7) is 0.612. The minimum atomic E-state index is -1.89. The zero-order valence-electron chi connectivity index (χ0n) is 19.9. The lowest BCUT2D eigenvalue weighted by Crippen LogP contribution is -2.43. The predicted octanol–water partition coefficient (Wildman–Crippen LogP) is 5.59. The normalized spacial score (nSPS) is 12.5. The molecule has 1 heterocycles. The minimum absolute atomic E-state index is 0.233. The third kappa shape index (κ3) is 5.64. The number of amides is 1. The van der Waals surface area contributed by atoms with Crippen LogP contribution < -0.4 is 19.6 Å². The van der Waals surface area contributed by atoms with E-state index in [0.29, 0.717) is 17.7 Å². The first-order valence-corrected chi connectivity index (χ1v) is 13.8. The van der Waals surface area contributed by atoms with E-state index in [1.165, 1.54) is 0 Å². The zero-order valence-corrected chi connectivity index (χ0v) is 24.3. The Balaban J connectivity index is 1.29. The standard InChI is InChI=1S/C29H22I2N2O5/c30-23-13-20(14-24(31)27(23)36-17-19-11-12-25-26(15-19)38-18-37-25)16-32-33-28(34)29(35,21-7-3-1-4-8-21)22-9-5-2-6-10-22/h1-16,35H,17-18H2,(H,33,34)/b32-16+. The lowest BCUT2D eigenvalue weighted by atomic mass is 9.85. The lowest BCUT2D eigenvalue weighted by Gasteiger charge is -2.27. The van der Waals surface area contributed by atoms with Gasteiger partial charge in [-0.3, -0.25) is 4.79 Å². The fourth-order valence-corrected chi connectivity index (χ4v) is 6.14. The molecular formula is C29H22I2N2O5. The van der Waals surface area contributed by atoms with E-state index in [4.69, 9.17) is 14.2 Å². The van der Waals surface area contributed by atoms with Crippen LogP contribution in [0.5, 0.6) is 17.2 Å². The van der Waals surface area contributed by atoms with Crippen LogP contribution in [0.2, 0.25) is 0 Å². The Kier molecular flexibility index (Phi) is 8.15. The molecule has 4 aromatic carbocycles. The molecule has 1 aliphatic rings. The number of benzene rings is 4. The molecule has 0 radical (unpaired) electrons. The molecule has 0 aromatic heterocycles. The van der Waals surface area contributed by atoms with Crippen LogP contribution in [0.4, 0.5) is 0 Å². The number of ether oxygens (including phenoxy) is 3. The molecule has 38 heavy (non-hydrogen) atoms. The Morgan fingerprint density at radius 1 is 0.921 bits per heavy atom. The van der Waals surface area contributed by atoms with Crippen molar-refractivity contribution in [2.75, 3.05) is 6.79 Å². The summed E-state index contributed by atoms with van der Waals surface area (Å²) >= 11 is 4.43. The topological polar surface area (TPSA) is 89.4 Å². The van der Waals surface area contributed by atoms with Gasteiger partial charge in [-0.2, -0.15) is 5.10 Å². The molecule has 0 bridgehead atoms. The predicted molar refractivity (Wildman–Crippen MR) is 160 cm³/mol. The smallest absolute Gasteiger partial charge is 0.281 e. The van der Waals surface area contributed by atoms with Gasteiger partial charge in [-0.1, -0.05) is 66.7 Å². The second-order valence-corrected chi connectivity index (χ2v) is 10.8. The highest BCUT2D eigenvalue weighted by Gasteiger charge is 2.39. The van der Waals surface area contributed by atoms with E-state index in [1.54, 1.807) is 54.7 Å². The maximum Gasteiger partial charge on any atom is 0.281 e. The highest BCUT2D eigenvalue weighted by molar-refractivity contribution is 14.1. The first-order chi connectivity index (χ1) is 18.4. The molecule has 9 heteroatoms. The largest absolute Gasteiger partial charge is 0.487 e. The molecule has 0 fully saturated rings. The Hall–Kier alpha value is -3.16. The summed E-state index contributed by atoms with van der Waals surface area (Å²) in [5.74, 6) is 1.56. The van der Waals surface area contributed by atoms with E-state index in [0.717, 1.165) is 35.5 Å². The van der Waals surface area contributed by atoms with Crippen molar-refractivity contribution in [2.24, 2.45) is 5.10 Å². The number of hydrazone groups is 1. The number of carbonyl (C=O) groups excluding carboxylic acids is 1. The molecule has 7 nitrogen and oxygen atoms in total. The van der Waals surface area contributed by atoms with Gasteiger partial charge in [-0.05, 0) is 91.7 Å². The molecule has 0 spiro atoms. The monoisotopic (exact) mass is 732 g/mol. The van der Waals surface area contributed by atoms with Crippen molar-refractivity contribution in [3.8, 4) is 17.2 Å². The summed E-state index contributed by atoms with van der Waals surface area (Å²) in [7, 11) is 0. The summed E-state index contributed by atoms with van der Waals surface area (Å²) in [5.41, 5.74) is 3.27. The van der Waals surface area contributed by atoms with Crippen molar-refractivity contribution in [3.63, 3.8) is 0 Å². The molecule has 0 saturated carbocycles. The van der Waals surface area contributed by atoms with Gasteiger partial charge < -0.3 is 19.3 Å². The fourth-order valence-electron chi connectivity index (χ4n) is 4.01. The van der Waals surface area contributed by atoms with Gasteiger partial charge in [-0.25, -0.2) is 5.43 Å². The number of nitrogens with zero attached hydrogens (tertiary/aromatic N) is 1. The Bertz CT molecular complexity index is 1420. The summed E-state index contributed by atoms with van der Waals surface area (Å²) in [6, 6.07) is 27.2. The Morgan fingerprint density at radius 2 is 1.53 bits per heavy atom. The molecule has 2 N–H and O–H groups in total. The van der Waals surface area contributed by atoms with Crippen LogP contribution in [-0.4, -0.2) is 24.0 Å². The van der Waals surface area contributed by atoms with Gasteiger partial charge in [-0.15, -0.1) is 0 Å². The molecule has 0 saturated heterocycles. The van der Waals surface area contributed by atoms with Crippen LogP contribution >= 0.6 is 45.2 Å². The first-order valence-electron chi connectivity index (χ1n) is 11.6. The van der Waals surface area contributed by atoms with Gasteiger partial charge in [0, 0.05) is 0 Å². The number of hydrogen-bond acceptors (Lipinski definition) is 6. The zero-order chi connectivity index (χ0) is 26.5. The van der Waals surface area contributed by atoms with E-state index in [2.05, 4.69) is 55.7 Å². The van der Waals surface area contributed by atoms with Gasteiger partial charge in [0.1, 0.15) is 12.4 Å². The van der Waals surface area contributed by atoms with E-state index in [-0.39, 0.29) is 6.79 Å². The van der Waals surface area contributed by atoms with Crippen molar-refractivity contribution in [3.05, 3.63) is 120 Å². The van der Waals surface area contributed by atoms with Crippen LogP contribution in [0.25, 0.3) is 0 Å². The van der Waals surface area contributed by atoms with Gasteiger partial charge in [0.05, 0.1) is 13.4 Å². The Morgan fingerprint density at radius 3 is 2.16 bits per heavy atom. The third-order valence-corrected chi connectivity index (χ3v) is 7.53. The number of aliphatic hydroxyl groups is 1. The van der Waals surface area contributed by atoms with Crippen LogP contribution in [-0.2, 0) is 17.0 Å². The van der Waals surface area contributed by atoms with Crippen LogP contribution in [0.1, 0.15) is 22.3 Å². The van der Waals surface area contributed by atoms with Crippen molar-refractivity contribution >= 4 is 57.3 Å². The maximum atomic E-state index is 13.2. The first kappa shape index (κ1) is 26.4. The number of carbonyl (C=O) groups is 1. The van der Waals surface area contributed by atoms with Crippen molar-refractivity contribution in [1.29, 1.82) is 0 Å². The number of halogens is 2. The van der Waals surface area contributed by atoms with Crippen molar-refractivity contribution < 1.29 is 24.1 Å². The van der Waals surface area contributed by atoms with Gasteiger partial charge >= 0.3 is 0 Å². The lowest BCUT2D eigenvalue weighted by molar-refractivity contribution is -0.136. The second-order valence-electron chi connectivity index (χ2n) is 8.43. The molecule has 0 aliphatic carbocycles. The van der Waals surface area contributed by atoms with Gasteiger partial charge in [0.2, 0.25) is 6.79 Å².